The number of hydrogen-bond acceptors (Lipinski definition) is 4. The minimum absolute atomic E-state index is 0.0832. The molecule has 3 unspecified atom stereocenters. The first-order valence-corrected chi connectivity index (χ1v) is 8.38. The van der Waals surface area contributed by atoms with Gasteiger partial charge in [0.2, 0.25) is 0 Å². The van der Waals surface area contributed by atoms with Crippen LogP contribution in [0.1, 0.15) is 46.5 Å². The maximum atomic E-state index is 11.7. The normalized spacial score (nSPS) is 34.9. The van der Waals surface area contributed by atoms with Gasteiger partial charge in [0.05, 0.1) is 12.7 Å². The van der Waals surface area contributed by atoms with E-state index in [-0.39, 0.29) is 24.2 Å². The molecule has 5 heteroatoms. The van der Waals surface area contributed by atoms with Crippen LogP contribution in [-0.4, -0.2) is 54.0 Å². The van der Waals surface area contributed by atoms with Crippen LogP contribution in [0.2, 0.25) is 0 Å². The summed E-state index contributed by atoms with van der Waals surface area (Å²) in [7, 11) is 0. The summed E-state index contributed by atoms with van der Waals surface area (Å²) >= 11 is 0. The van der Waals surface area contributed by atoms with Gasteiger partial charge in [0.25, 0.3) is 0 Å². The van der Waals surface area contributed by atoms with E-state index < -0.39 is 0 Å². The zero-order chi connectivity index (χ0) is 15.4. The first-order valence-electron chi connectivity index (χ1n) is 8.38. The molecular weight excluding hydrogens is 268 g/mol. The van der Waals surface area contributed by atoms with Crippen molar-refractivity contribution in [3.8, 4) is 0 Å². The molecule has 1 heterocycles. The summed E-state index contributed by atoms with van der Waals surface area (Å²) < 4.78 is 4.99. The molecule has 0 spiro atoms. The van der Waals surface area contributed by atoms with Crippen LogP contribution in [0.4, 0.5) is 4.79 Å². The van der Waals surface area contributed by atoms with Crippen molar-refractivity contribution in [3.63, 3.8) is 0 Å². The number of hydrogen-bond donors (Lipinski definition) is 2. The second-order valence-electron chi connectivity index (χ2n) is 6.72. The number of carbonyl (C=O) groups is 1. The predicted octanol–water partition coefficient (Wildman–Crippen LogP) is 1.99. The van der Waals surface area contributed by atoms with Gasteiger partial charge in [-0.2, -0.15) is 0 Å². The lowest BCUT2D eigenvalue weighted by Crippen LogP contribution is -2.58. The number of aliphatic hydroxyl groups is 1. The average molecular weight is 298 g/mol. The molecule has 3 atom stereocenters. The molecule has 5 nitrogen and oxygen atoms in total. The van der Waals surface area contributed by atoms with E-state index in [0.29, 0.717) is 12.6 Å². The van der Waals surface area contributed by atoms with Gasteiger partial charge in [-0.15, -0.1) is 0 Å². The minimum Gasteiger partial charge on any atom is -0.450 e. The predicted molar refractivity (Wildman–Crippen MR) is 82.1 cm³/mol. The van der Waals surface area contributed by atoms with E-state index >= 15 is 0 Å². The van der Waals surface area contributed by atoms with Crippen LogP contribution in [0.5, 0.6) is 0 Å². The van der Waals surface area contributed by atoms with E-state index in [1.807, 2.05) is 13.8 Å². The second kappa shape index (κ2) is 7.45. The van der Waals surface area contributed by atoms with Gasteiger partial charge in [-0.1, -0.05) is 13.8 Å². The number of nitrogens with zero attached hydrogens (tertiary/aromatic N) is 1. The smallest absolute Gasteiger partial charge is 0.407 e. The number of carbonyl (C=O) groups excluding carboxylic acids is 1. The second-order valence-corrected chi connectivity index (χ2v) is 6.72. The van der Waals surface area contributed by atoms with Crippen LogP contribution in [0.3, 0.4) is 0 Å². The summed E-state index contributed by atoms with van der Waals surface area (Å²) in [4.78, 5) is 14.1. The summed E-state index contributed by atoms with van der Waals surface area (Å²) in [6, 6.07) is 0.707. The van der Waals surface area contributed by atoms with Gasteiger partial charge >= 0.3 is 6.09 Å². The molecule has 2 aliphatic rings. The lowest BCUT2D eigenvalue weighted by Gasteiger charge is -2.48. The largest absolute Gasteiger partial charge is 0.450 e. The van der Waals surface area contributed by atoms with Gasteiger partial charge in [-0.3, -0.25) is 4.90 Å². The number of alkyl carbamates (subject to hydrolysis) is 1. The first-order chi connectivity index (χ1) is 10.0. The molecule has 21 heavy (non-hydrogen) atoms. The van der Waals surface area contributed by atoms with Gasteiger partial charge in [-0.25, -0.2) is 4.79 Å². The molecular formula is C16H30N2O3. The van der Waals surface area contributed by atoms with Crippen molar-refractivity contribution in [1.29, 1.82) is 0 Å². The Morgan fingerprint density at radius 2 is 2.05 bits per heavy atom. The maximum Gasteiger partial charge on any atom is 0.407 e. The van der Waals surface area contributed by atoms with E-state index in [1.54, 1.807) is 0 Å². The molecule has 0 aromatic rings. The van der Waals surface area contributed by atoms with Crippen molar-refractivity contribution < 1.29 is 14.6 Å². The van der Waals surface area contributed by atoms with E-state index in [2.05, 4.69) is 17.1 Å². The quantitative estimate of drug-likeness (QED) is 0.815. The molecule has 1 saturated carbocycles. The molecule has 0 aromatic heterocycles. The Balaban J connectivity index is 1.94. The Kier molecular flexibility index (Phi) is 5.88. The summed E-state index contributed by atoms with van der Waals surface area (Å²) in [5.41, 5.74) is 0. The fourth-order valence-electron chi connectivity index (χ4n) is 3.69. The molecule has 2 N–H and O–H groups in total. The molecule has 1 saturated heterocycles. The van der Waals surface area contributed by atoms with Crippen LogP contribution in [-0.2, 0) is 4.74 Å². The number of ether oxygens (including phenoxy) is 1. The average Bonchev–Trinajstić information content (AvgIpc) is 2.42. The Bertz CT molecular complexity index is 344. The highest BCUT2D eigenvalue weighted by atomic mass is 16.5. The number of piperidine rings is 1. The van der Waals surface area contributed by atoms with Crippen LogP contribution >= 0.6 is 0 Å². The lowest BCUT2D eigenvalue weighted by molar-refractivity contribution is -0.00926. The fraction of sp³-hybridized carbons (Fsp3) is 0.938. The molecule has 1 amide bonds. The monoisotopic (exact) mass is 298 g/mol. The topological polar surface area (TPSA) is 61.8 Å². The Morgan fingerprint density at radius 3 is 2.62 bits per heavy atom. The van der Waals surface area contributed by atoms with E-state index in [9.17, 15) is 9.90 Å². The Morgan fingerprint density at radius 1 is 1.33 bits per heavy atom. The van der Waals surface area contributed by atoms with Crippen molar-refractivity contribution in [1.82, 2.24) is 10.2 Å². The van der Waals surface area contributed by atoms with Crippen molar-refractivity contribution >= 4 is 6.09 Å². The number of amides is 1. The number of aliphatic hydroxyl groups excluding tert-OH is 1. The fourth-order valence-corrected chi connectivity index (χ4v) is 3.69. The van der Waals surface area contributed by atoms with Crippen LogP contribution in [0.25, 0.3) is 0 Å². The first kappa shape index (κ1) is 16.6. The van der Waals surface area contributed by atoms with Gasteiger partial charge < -0.3 is 15.2 Å². The highest BCUT2D eigenvalue weighted by Gasteiger charge is 2.38. The molecule has 1 aliphatic heterocycles. The minimum atomic E-state index is -0.337. The summed E-state index contributed by atoms with van der Waals surface area (Å²) in [5, 5.41) is 13.2. The highest BCUT2D eigenvalue weighted by molar-refractivity contribution is 5.67. The third-order valence-electron chi connectivity index (χ3n) is 4.94. The van der Waals surface area contributed by atoms with Crippen LogP contribution in [0.15, 0.2) is 0 Å². The molecule has 1 aliphatic carbocycles. The lowest BCUT2D eigenvalue weighted by atomic mass is 9.78. The van der Waals surface area contributed by atoms with Crippen molar-refractivity contribution in [2.24, 2.45) is 11.8 Å². The van der Waals surface area contributed by atoms with Gasteiger partial charge in [0, 0.05) is 25.2 Å². The third kappa shape index (κ3) is 4.33. The zero-order valence-corrected chi connectivity index (χ0v) is 13.5. The Hall–Kier alpha value is -0.810. The SMILES string of the molecule is CCOC(=O)NC1CC(C(O)CC)CN(C2CC(C)C2)C1. The number of likely N-dealkylation sites (tertiary alicyclic amines) is 1. The van der Waals surface area contributed by atoms with Crippen LogP contribution in [0, 0.1) is 11.8 Å². The van der Waals surface area contributed by atoms with E-state index in [0.717, 1.165) is 31.8 Å². The number of nitrogens with one attached hydrogen (secondary N) is 1. The highest BCUT2D eigenvalue weighted by Crippen LogP contribution is 2.34. The number of rotatable bonds is 5. The van der Waals surface area contributed by atoms with Gasteiger partial charge in [0.1, 0.15) is 0 Å². The molecule has 2 fully saturated rings. The van der Waals surface area contributed by atoms with Gasteiger partial charge in [-0.05, 0) is 44.4 Å². The van der Waals surface area contributed by atoms with Crippen molar-refractivity contribution in [2.75, 3.05) is 19.7 Å². The zero-order valence-electron chi connectivity index (χ0n) is 13.5. The van der Waals surface area contributed by atoms with Crippen LogP contribution < -0.4 is 5.32 Å². The van der Waals surface area contributed by atoms with E-state index in [1.165, 1.54) is 12.8 Å². The molecule has 0 aromatic carbocycles. The van der Waals surface area contributed by atoms with Crippen molar-refractivity contribution in [3.05, 3.63) is 0 Å². The molecule has 2 rings (SSSR count). The van der Waals surface area contributed by atoms with E-state index in [4.69, 9.17) is 4.74 Å². The summed E-state index contributed by atoms with van der Waals surface area (Å²) in [6.45, 7) is 8.34. The third-order valence-corrected chi connectivity index (χ3v) is 4.94. The summed E-state index contributed by atoms with van der Waals surface area (Å²) in [5.74, 6) is 1.05. The van der Waals surface area contributed by atoms with Gasteiger partial charge in [0.15, 0.2) is 0 Å². The molecule has 122 valence electrons. The maximum absolute atomic E-state index is 11.7. The molecule has 0 bridgehead atoms. The van der Waals surface area contributed by atoms with Crippen molar-refractivity contribution in [2.45, 2.75) is 64.6 Å². The summed E-state index contributed by atoms with van der Waals surface area (Å²) in [6.07, 6.45) is 3.47. The Labute approximate surface area is 128 Å². The molecule has 0 radical (unpaired) electrons. The standard InChI is InChI=1S/C16H30N2O3/c1-4-15(19)12-8-13(17-16(20)21-5-2)10-18(9-12)14-6-11(3)7-14/h11-15,19H,4-10H2,1-3H3,(H,17,20).